The molecule has 1 aromatic heterocycles. The number of aromatic hydroxyl groups is 1. The summed E-state index contributed by atoms with van der Waals surface area (Å²) in [5, 5.41) is 17.5. The van der Waals surface area contributed by atoms with E-state index in [1.807, 2.05) is 0 Å². The van der Waals surface area contributed by atoms with Crippen molar-refractivity contribution in [1.29, 1.82) is 0 Å². The van der Waals surface area contributed by atoms with Crippen LogP contribution in [0, 0.1) is 5.82 Å². The number of methoxy groups -OCH3 is 1. The Bertz CT molecular complexity index is 952. The molecular formula is C17H14FN3O4. The summed E-state index contributed by atoms with van der Waals surface area (Å²) in [4.78, 5) is 14.4. The maximum Gasteiger partial charge on any atom is 0.302 e. The number of hydrogen-bond acceptors (Lipinski definition) is 5. The Hall–Kier alpha value is -3.42. The van der Waals surface area contributed by atoms with Gasteiger partial charge >= 0.3 is 5.91 Å². The van der Waals surface area contributed by atoms with E-state index in [-0.39, 0.29) is 18.2 Å². The van der Waals surface area contributed by atoms with Crippen molar-refractivity contribution in [2.45, 2.75) is 0 Å². The number of carbonyl (C=O) groups excluding carboxylic acids is 1. The standard InChI is InChI=1S/C17H14FN3O4/c1-24-13-4-2-3-5-14(13)25-9-15(22)20-21-16-11-7-6-10(18)8-12(11)19-17(16)23/h2-8,19,23H,9H2,1H3. The Labute approximate surface area is 141 Å². The molecule has 0 saturated heterocycles. The number of aromatic amines is 1. The number of carbonyl (C=O) groups is 1. The van der Waals surface area contributed by atoms with Gasteiger partial charge in [0.15, 0.2) is 23.8 Å². The Morgan fingerprint density at radius 3 is 2.76 bits per heavy atom. The number of para-hydroxylation sites is 2. The molecule has 0 aliphatic rings. The van der Waals surface area contributed by atoms with Gasteiger partial charge in [0.2, 0.25) is 5.88 Å². The van der Waals surface area contributed by atoms with Gasteiger partial charge in [0, 0.05) is 5.39 Å². The minimum atomic E-state index is -0.651. The first-order chi connectivity index (χ1) is 12.1. The van der Waals surface area contributed by atoms with E-state index in [9.17, 15) is 14.3 Å². The number of ether oxygens (including phenoxy) is 2. The van der Waals surface area contributed by atoms with Crippen LogP contribution < -0.4 is 9.47 Å². The second-order valence-electron chi connectivity index (χ2n) is 5.05. The average molecular weight is 343 g/mol. The van der Waals surface area contributed by atoms with Crippen molar-refractivity contribution in [1.82, 2.24) is 4.98 Å². The van der Waals surface area contributed by atoms with E-state index in [1.165, 1.54) is 25.3 Å². The molecule has 1 amide bonds. The normalized spacial score (nSPS) is 11.1. The second-order valence-corrected chi connectivity index (χ2v) is 5.05. The van der Waals surface area contributed by atoms with E-state index in [0.29, 0.717) is 22.4 Å². The van der Waals surface area contributed by atoms with E-state index in [1.54, 1.807) is 24.3 Å². The van der Waals surface area contributed by atoms with Crippen molar-refractivity contribution in [3.05, 3.63) is 48.3 Å². The van der Waals surface area contributed by atoms with Crippen LogP contribution in [0.2, 0.25) is 0 Å². The first-order valence-electron chi connectivity index (χ1n) is 7.29. The van der Waals surface area contributed by atoms with Gasteiger partial charge in [-0.3, -0.25) is 4.79 Å². The van der Waals surface area contributed by atoms with Crippen LogP contribution in [0.3, 0.4) is 0 Å². The summed E-state index contributed by atoms with van der Waals surface area (Å²) < 4.78 is 23.6. The molecule has 25 heavy (non-hydrogen) atoms. The number of nitrogens with one attached hydrogen (secondary N) is 1. The largest absolute Gasteiger partial charge is 0.493 e. The zero-order valence-corrected chi connectivity index (χ0v) is 13.2. The first-order valence-corrected chi connectivity index (χ1v) is 7.29. The Morgan fingerprint density at radius 2 is 2.00 bits per heavy atom. The number of nitrogens with zero attached hydrogens (tertiary/aromatic N) is 2. The lowest BCUT2D eigenvalue weighted by atomic mass is 10.2. The fourth-order valence-electron chi connectivity index (χ4n) is 2.25. The van der Waals surface area contributed by atoms with Crippen molar-refractivity contribution in [2.75, 3.05) is 13.7 Å². The highest BCUT2D eigenvalue weighted by atomic mass is 19.1. The smallest absolute Gasteiger partial charge is 0.302 e. The minimum absolute atomic E-state index is 0.0561. The van der Waals surface area contributed by atoms with Crippen molar-refractivity contribution in [2.24, 2.45) is 10.2 Å². The molecule has 2 aromatic carbocycles. The summed E-state index contributed by atoms with van der Waals surface area (Å²) in [6, 6.07) is 10.7. The molecule has 7 nitrogen and oxygen atoms in total. The van der Waals surface area contributed by atoms with E-state index in [2.05, 4.69) is 15.2 Å². The lowest BCUT2D eigenvalue weighted by Gasteiger charge is -2.07. The summed E-state index contributed by atoms with van der Waals surface area (Å²) >= 11 is 0. The van der Waals surface area contributed by atoms with Crippen LogP contribution in [0.5, 0.6) is 17.4 Å². The third kappa shape index (κ3) is 3.57. The van der Waals surface area contributed by atoms with Crippen LogP contribution in [0.4, 0.5) is 10.1 Å². The lowest BCUT2D eigenvalue weighted by Crippen LogP contribution is -2.08. The van der Waals surface area contributed by atoms with Crippen LogP contribution in [-0.4, -0.2) is 29.7 Å². The minimum Gasteiger partial charge on any atom is -0.493 e. The van der Waals surface area contributed by atoms with Crippen molar-refractivity contribution < 1.29 is 23.8 Å². The zero-order chi connectivity index (χ0) is 17.8. The van der Waals surface area contributed by atoms with Gasteiger partial charge in [0.05, 0.1) is 12.6 Å². The molecule has 1 heterocycles. The summed E-state index contributed by atoms with van der Waals surface area (Å²) in [7, 11) is 1.49. The van der Waals surface area contributed by atoms with Crippen LogP contribution >= 0.6 is 0 Å². The number of H-pyrrole nitrogens is 1. The number of aromatic nitrogens is 1. The summed E-state index contributed by atoms with van der Waals surface area (Å²) in [6.45, 7) is -0.346. The van der Waals surface area contributed by atoms with Crippen LogP contribution in [-0.2, 0) is 4.79 Å². The molecule has 0 radical (unpaired) electrons. The van der Waals surface area contributed by atoms with E-state index in [0.717, 1.165) is 0 Å². The molecule has 128 valence electrons. The maximum absolute atomic E-state index is 13.2. The Kier molecular flexibility index (Phi) is 4.60. The predicted molar refractivity (Wildman–Crippen MR) is 87.9 cm³/mol. The fourth-order valence-corrected chi connectivity index (χ4v) is 2.25. The molecule has 0 aliphatic carbocycles. The van der Waals surface area contributed by atoms with E-state index >= 15 is 0 Å². The second kappa shape index (κ2) is 7.00. The fraction of sp³-hybridized carbons (Fsp3) is 0.118. The van der Waals surface area contributed by atoms with Crippen LogP contribution in [0.1, 0.15) is 0 Å². The molecule has 0 unspecified atom stereocenters. The van der Waals surface area contributed by atoms with Gasteiger partial charge < -0.3 is 19.6 Å². The van der Waals surface area contributed by atoms with Gasteiger partial charge in [0.25, 0.3) is 0 Å². The molecule has 0 spiro atoms. The number of halogens is 1. The molecule has 0 bridgehead atoms. The topological polar surface area (TPSA) is 96.3 Å². The van der Waals surface area contributed by atoms with Crippen molar-refractivity contribution in [3.8, 4) is 17.4 Å². The lowest BCUT2D eigenvalue weighted by molar-refractivity contribution is -0.120. The maximum atomic E-state index is 13.2. The first kappa shape index (κ1) is 16.4. The summed E-state index contributed by atoms with van der Waals surface area (Å²) in [6.07, 6.45) is 0. The number of fused-ring (bicyclic) bond motifs is 1. The van der Waals surface area contributed by atoms with Crippen molar-refractivity contribution in [3.63, 3.8) is 0 Å². The zero-order valence-electron chi connectivity index (χ0n) is 13.2. The molecule has 0 aliphatic heterocycles. The molecule has 8 heteroatoms. The number of benzene rings is 2. The quantitative estimate of drug-likeness (QED) is 0.690. The van der Waals surface area contributed by atoms with E-state index < -0.39 is 11.7 Å². The van der Waals surface area contributed by atoms with Gasteiger partial charge in [-0.25, -0.2) is 4.39 Å². The van der Waals surface area contributed by atoms with Gasteiger partial charge in [-0.1, -0.05) is 12.1 Å². The van der Waals surface area contributed by atoms with Crippen molar-refractivity contribution >= 4 is 22.5 Å². The predicted octanol–water partition coefficient (Wildman–Crippen LogP) is 3.71. The van der Waals surface area contributed by atoms with E-state index in [4.69, 9.17) is 9.47 Å². The number of hydrogen-bond donors (Lipinski definition) is 2. The summed E-state index contributed by atoms with van der Waals surface area (Å²) in [5.41, 5.74) is 0.407. The molecular weight excluding hydrogens is 329 g/mol. The molecule has 0 fully saturated rings. The van der Waals surface area contributed by atoms with Crippen LogP contribution in [0.25, 0.3) is 10.9 Å². The molecule has 3 rings (SSSR count). The SMILES string of the molecule is COc1ccccc1OCC(=O)N=Nc1c(O)[nH]c2cc(F)ccc12. The Balaban J connectivity index is 1.72. The monoisotopic (exact) mass is 343 g/mol. The highest BCUT2D eigenvalue weighted by Gasteiger charge is 2.12. The number of amides is 1. The highest BCUT2D eigenvalue weighted by Crippen LogP contribution is 2.35. The van der Waals surface area contributed by atoms with Gasteiger partial charge in [0.1, 0.15) is 5.82 Å². The number of rotatable bonds is 5. The third-order valence-electron chi connectivity index (χ3n) is 3.40. The van der Waals surface area contributed by atoms with Gasteiger partial charge in [-0.05, 0) is 30.3 Å². The molecule has 2 N–H and O–H groups in total. The molecule has 3 aromatic rings. The van der Waals surface area contributed by atoms with Gasteiger partial charge in [-0.15, -0.1) is 10.2 Å². The summed E-state index contributed by atoms with van der Waals surface area (Å²) in [5.74, 6) is -0.523. The molecule has 0 saturated carbocycles. The average Bonchev–Trinajstić information content (AvgIpc) is 2.92. The number of azo groups is 1. The Morgan fingerprint density at radius 1 is 1.24 bits per heavy atom. The third-order valence-corrected chi connectivity index (χ3v) is 3.40. The highest BCUT2D eigenvalue weighted by molar-refractivity contribution is 5.94. The molecule has 0 atom stereocenters. The van der Waals surface area contributed by atoms with Gasteiger partial charge in [-0.2, -0.15) is 0 Å². The van der Waals surface area contributed by atoms with Crippen LogP contribution in [0.15, 0.2) is 52.7 Å².